The monoisotopic (exact) mass is 230 g/mol. The first-order valence-electron chi connectivity index (χ1n) is 5.05. The highest BCUT2D eigenvalue weighted by Crippen LogP contribution is 2.27. The Hall–Kier alpha value is -1.75. The van der Waals surface area contributed by atoms with E-state index in [0.29, 0.717) is 4.77 Å². The van der Waals surface area contributed by atoms with Crippen LogP contribution in [-0.2, 0) is 6.42 Å². The van der Waals surface area contributed by atoms with Gasteiger partial charge in [0.2, 0.25) is 0 Å². The summed E-state index contributed by atoms with van der Waals surface area (Å²) in [5.74, 6) is 0.913. The van der Waals surface area contributed by atoms with Crippen molar-refractivity contribution in [2.75, 3.05) is 0 Å². The molecule has 2 heterocycles. The smallest absolute Gasteiger partial charge is 0.199 e. The van der Waals surface area contributed by atoms with Crippen LogP contribution < -0.4 is 0 Å². The minimum absolute atomic E-state index is 0.618. The van der Waals surface area contributed by atoms with E-state index in [9.17, 15) is 0 Å². The summed E-state index contributed by atoms with van der Waals surface area (Å²) in [6.45, 7) is 2.00. The fourth-order valence-corrected chi connectivity index (χ4v) is 2.17. The molecule has 80 valence electrons. The van der Waals surface area contributed by atoms with Crippen LogP contribution in [-0.4, -0.2) is 20.5 Å². The fraction of sp³-hybridized carbons (Fsp3) is 0.182. The Balaban J connectivity index is 2.41. The first-order valence-corrected chi connectivity index (χ1v) is 5.46. The van der Waals surface area contributed by atoms with Crippen molar-refractivity contribution in [2.24, 2.45) is 4.99 Å². The van der Waals surface area contributed by atoms with Gasteiger partial charge < -0.3 is 0 Å². The SMILES string of the molecule is CC1=Nc2ccccc2-n2c(n[nH]c2=S)C1. The van der Waals surface area contributed by atoms with E-state index in [-0.39, 0.29) is 0 Å². The van der Waals surface area contributed by atoms with Crippen LogP contribution >= 0.6 is 12.2 Å². The molecule has 1 aromatic heterocycles. The van der Waals surface area contributed by atoms with Crippen molar-refractivity contribution in [3.05, 3.63) is 34.9 Å². The molecule has 0 saturated heterocycles. The van der Waals surface area contributed by atoms with Gasteiger partial charge in [0.25, 0.3) is 0 Å². The third kappa shape index (κ3) is 1.32. The Morgan fingerprint density at radius 2 is 2.19 bits per heavy atom. The number of aliphatic imine (C=N–C) groups is 1. The summed E-state index contributed by atoms with van der Waals surface area (Å²) in [4.78, 5) is 4.56. The number of hydrogen-bond acceptors (Lipinski definition) is 3. The van der Waals surface area contributed by atoms with E-state index in [1.807, 2.05) is 35.8 Å². The Morgan fingerprint density at radius 1 is 1.38 bits per heavy atom. The third-order valence-corrected chi connectivity index (χ3v) is 2.86. The first-order chi connectivity index (χ1) is 7.75. The van der Waals surface area contributed by atoms with Gasteiger partial charge in [0.05, 0.1) is 11.4 Å². The molecule has 1 N–H and O–H groups in total. The number of nitrogens with one attached hydrogen (secondary N) is 1. The zero-order chi connectivity index (χ0) is 11.1. The number of nitrogens with zero attached hydrogens (tertiary/aromatic N) is 3. The van der Waals surface area contributed by atoms with Gasteiger partial charge in [-0.15, -0.1) is 0 Å². The Labute approximate surface area is 97.7 Å². The van der Waals surface area contributed by atoms with Crippen LogP contribution in [0.25, 0.3) is 5.69 Å². The highest BCUT2D eigenvalue weighted by molar-refractivity contribution is 7.71. The Kier molecular flexibility index (Phi) is 2.00. The molecule has 0 spiro atoms. The molecule has 2 aromatic rings. The molecule has 0 amide bonds. The summed E-state index contributed by atoms with van der Waals surface area (Å²) >= 11 is 5.24. The first kappa shape index (κ1) is 9.47. The van der Waals surface area contributed by atoms with Gasteiger partial charge in [-0.05, 0) is 31.3 Å². The molecule has 4 nitrogen and oxygen atoms in total. The number of aromatic amines is 1. The minimum atomic E-state index is 0.618. The second kappa shape index (κ2) is 3.38. The average Bonchev–Trinajstić information content (AvgIpc) is 2.55. The van der Waals surface area contributed by atoms with E-state index in [0.717, 1.165) is 29.3 Å². The minimum Gasteiger partial charge on any atom is -0.270 e. The van der Waals surface area contributed by atoms with Crippen molar-refractivity contribution in [3.8, 4) is 5.69 Å². The maximum absolute atomic E-state index is 5.24. The summed E-state index contributed by atoms with van der Waals surface area (Å²) in [6, 6.07) is 7.95. The number of benzene rings is 1. The lowest BCUT2D eigenvalue weighted by molar-refractivity contribution is 0.941. The maximum atomic E-state index is 5.24. The average molecular weight is 230 g/mol. The van der Waals surface area contributed by atoms with Crippen molar-refractivity contribution in [2.45, 2.75) is 13.3 Å². The van der Waals surface area contributed by atoms with Gasteiger partial charge in [-0.25, -0.2) is 0 Å². The summed E-state index contributed by atoms with van der Waals surface area (Å²) < 4.78 is 2.57. The number of hydrogen-bond donors (Lipinski definition) is 1. The van der Waals surface area contributed by atoms with Crippen LogP contribution in [0.2, 0.25) is 0 Å². The van der Waals surface area contributed by atoms with Crippen LogP contribution in [0.4, 0.5) is 5.69 Å². The van der Waals surface area contributed by atoms with Crippen molar-refractivity contribution in [3.63, 3.8) is 0 Å². The van der Waals surface area contributed by atoms with E-state index in [4.69, 9.17) is 12.2 Å². The van der Waals surface area contributed by atoms with E-state index in [1.54, 1.807) is 0 Å². The maximum Gasteiger partial charge on any atom is 0.199 e. The summed E-state index contributed by atoms with van der Waals surface area (Å²) in [5, 5.41) is 7.06. The second-order valence-electron chi connectivity index (χ2n) is 3.79. The Bertz CT molecular complexity index is 635. The number of fused-ring (bicyclic) bond motifs is 3. The van der Waals surface area contributed by atoms with Gasteiger partial charge >= 0.3 is 0 Å². The number of H-pyrrole nitrogens is 1. The molecule has 0 radical (unpaired) electrons. The van der Waals surface area contributed by atoms with Gasteiger partial charge in [0, 0.05) is 12.1 Å². The predicted octanol–water partition coefficient (Wildman–Crippen LogP) is 2.58. The molecule has 0 saturated carbocycles. The molecule has 0 bridgehead atoms. The predicted molar refractivity (Wildman–Crippen MR) is 65.2 cm³/mol. The van der Waals surface area contributed by atoms with Gasteiger partial charge in [-0.1, -0.05) is 12.1 Å². The summed E-state index contributed by atoms with van der Waals surface area (Å²) in [6.07, 6.45) is 0.724. The largest absolute Gasteiger partial charge is 0.270 e. The van der Waals surface area contributed by atoms with Gasteiger partial charge in [0.15, 0.2) is 4.77 Å². The van der Waals surface area contributed by atoms with E-state index >= 15 is 0 Å². The van der Waals surface area contributed by atoms with Crippen molar-refractivity contribution >= 4 is 23.6 Å². The van der Waals surface area contributed by atoms with Crippen molar-refractivity contribution in [1.82, 2.24) is 14.8 Å². The lowest BCUT2D eigenvalue weighted by Gasteiger charge is -2.05. The molecule has 0 fully saturated rings. The molecule has 3 rings (SSSR count). The molecule has 5 heteroatoms. The zero-order valence-electron chi connectivity index (χ0n) is 8.77. The van der Waals surface area contributed by atoms with Crippen LogP contribution in [0.5, 0.6) is 0 Å². The molecule has 16 heavy (non-hydrogen) atoms. The second-order valence-corrected chi connectivity index (χ2v) is 4.18. The van der Waals surface area contributed by atoms with Gasteiger partial charge in [-0.3, -0.25) is 14.7 Å². The lowest BCUT2D eigenvalue weighted by Crippen LogP contribution is -2.03. The van der Waals surface area contributed by atoms with Crippen LogP contribution in [0.15, 0.2) is 29.3 Å². The lowest BCUT2D eigenvalue weighted by atomic mass is 10.2. The molecule has 0 aliphatic carbocycles. The molecular weight excluding hydrogens is 220 g/mol. The van der Waals surface area contributed by atoms with Crippen LogP contribution in [0.3, 0.4) is 0 Å². The normalized spacial score (nSPS) is 13.7. The summed E-state index contributed by atoms with van der Waals surface area (Å²) in [7, 11) is 0. The third-order valence-electron chi connectivity index (χ3n) is 2.59. The van der Waals surface area contributed by atoms with E-state index in [1.165, 1.54) is 0 Å². The van der Waals surface area contributed by atoms with Crippen LogP contribution in [0, 0.1) is 4.77 Å². The van der Waals surface area contributed by atoms with E-state index in [2.05, 4.69) is 15.2 Å². The molecule has 0 atom stereocenters. The topological polar surface area (TPSA) is 46.0 Å². The standard InChI is InChI=1S/C11H10N4S/c1-7-6-10-13-14-11(16)15(10)9-5-3-2-4-8(9)12-7/h2-5H,6H2,1H3,(H,14,16). The van der Waals surface area contributed by atoms with Crippen molar-refractivity contribution < 1.29 is 0 Å². The molecular formula is C11H10N4S. The highest BCUT2D eigenvalue weighted by Gasteiger charge is 2.15. The molecule has 1 aliphatic rings. The highest BCUT2D eigenvalue weighted by atomic mass is 32.1. The zero-order valence-corrected chi connectivity index (χ0v) is 9.58. The number of rotatable bonds is 0. The van der Waals surface area contributed by atoms with Gasteiger partial charge in [-0.2, -0.15) is 5.10 Å². The van der Waals surface area contributed by atoms with Crippen LogP contribution in [0.1, 0.15) is 12.7 Å². The molecule has 0 unspecified atom stereocenters. The Morgan fingerprint density at radius 3 is 3.06 bits per heavy atom. The quantitative estimate of drug-likeness (QED) is 0.707. The summed E-state index contributed by atoms with van der Waals surface area (Å²) in [5.41, 5.74) is 2.98. The molecule has 1 aliphatic heterocycles. The number of para-hydroxylation sites is 2. The van der Waals surface area contributed by atoms with Gasteiger partial charge in [0.1, 0.15) is 5.82 Å². The molecule has 1 aromatic carbocycles. The van der Waals surface area contributed by atoms with E-state index < -0.39 is 0 Å². The number of aromatic nitrogens is 3. The fourth-order valence-electron chi connectivity index (χ4n) is 1.92. The van der Waals surface area contributed by atoms with Crippen molar-refractivity contribution in [1.29, 1.82) is 0 Å².